The Morgan fingerprint density at radius 2 is 0.986 bits per heavy atom. The number of hydrogen-bond acceptors (Lipinski definition) is 12. The summed E-state index contributed by atoms with van der Waals surface area (Å²) in [6, 6.07) is 18.2. The van der Waals surface area contributed by atoms with Gasteiger partial charge in [-0.1, -0.05) is 36.4 Å². The van der Waals surface area contributed by atoms with E-state index in [0.29, 0.717) is 65.4 Å². The second kappa shape index (κ2) is 21.4. The zero-order valence-electron chi connectivity index (χ0n) is 38.9. The van der Waals surface area contributed by atoms with Gasteiger partial charge in [-0.15, -0.1) is 0 Å². The van der Waals surface area contributed by atoms with E-state index in [2.05, 4.69) is 41.2 Å². The van der Waals surface area contributed by atoms with Crippen molar-refractivity contribution in [2.24, 2.45) is 0 Å². The summed E-state index contributed by atoms with van der Waals surface area (Å²) in [6.07, 6.45) is 0. The van der Waals surface area contributed by atoms with Gasteiger partial charge in [0.05, 0.1) is 30.0 Å². The predicted molar refractivity (Wildman–Crippen MR) is 255 cm³/mol. The van der Waals surface area contributed by atoms with Crippen molar-refractivity contribution in [2.75, 3.05) is 88.9 Å². The lowest BCUT2D eigenvalue weighted by molar-refractivity contribution is 0.0696. The van der Waals surface area contributed by atoms with E-state index in [1.165, 1.54) is 29.2 Å². The molecule has 2 aromatic heterocycles. The highest BCUT2D eigenvalue weighted by Gasteiger charge is 2.36. The van der Waals surface area contributed by atoms with E-state index < -0.39 is 52.7 Å². The number of carbonyl (C=O) groups excluding carboxylic acids is 3. The van der Waals surface area contributed by atoms with Crippen LogP contribution in [-0.2, 0) is 13.1 Å². The summed E-state index contributed by atoms with van der Waals surface area (Å²) in [5.74, 6) is -4.59. The van der Waals surface area contributed by atoms with Gasteiger partial charge in [0.25, 0.3) is 5.91 Å². The van der Waals surface area contributed by atoms with E-state index in [9.17, 15) is 41.8 Å². The number of amides is 5. The number of carbonyl (C=O) groups is 4. The number of aromatic nitrogens is 4. The van der Waals surface area contributed by atoms with Crippen molar-refractivity contribution in [3.8, 4) is 22.5 Å². The Kier molecular flexibility index (Phi) is 15.2. The van der Waals surface area contributed by atoms with Gasteiger partial charge < -0.3 is 41.1 Å². The van der Waals surface area contributed by atoms with Crippen molar-refractivity contribution in [1.29, 1.82) is 0 Å². The monoisotopic (exact) mass is 963 g/mol. The number of halogens is 4. The SMILES string of the molecule is CN(C)CCNc1nc(-c2cccc(C(=O)N(C)C)c2)c2c(n1)N(c1c(F)cccc1F)C(=O)NC2.CN(C)CCNc1nc(-c2cccc(C(=O)O)c2)c2c(n1)N(c1c(F)cccc1F)C(=O)NC2. The van der Waals surface area contributed by atoms with Gasteiger partial charge in [0.2, 0.25) is 11.9 Å². The zero-order valence-corrected chi connectivity index (χ0v) is 38.9. The molecular weight excluding hydrogens is 915 g/mol. The quantitative estimate of drug-likeness (QED) is 0.0705. The molecule has 2 aliphatic heterocycles. The van der Waals surface area contributed by atoms with Crippen LogP contribution in [0, 0.1) is 23.3 Å². The van der Waals surface area contributed by atoms with Crippen LogP contribution in [0.25, 0.3) is 22.5 Å². The first-order valence-electron chi connectivity index (χ1n) is 21.7. The van der Waals surface area contributed by atoms with Crippen LogP contribution in [0.1, 0.15) is 31.8 Å². The van der Waals surface area contributed by atoms with Gasteiger partial charge in [-0.05, 0) is 76.7 Å². The first kappa shape index (κ1) is 49.7. The molecule has 6 aromatic rings. The van der Waals surface area contributed by atoms with Crippen LogP contribution in [0.5, 0.6) is 0 Å². The maximum Gasteiger partial charge on any atom is 0.335 e. The molecule has 0 radical (unpaired) electrons. The molecule has 18 nitrogen and oxygen atoms in total. The van der Waals surface area contributed by atoms with Crippen LogP contribution < -0.4 is 31.1 Å². The molecule has 0 saturated carbocycles. The van der Waals surface area contributed by atoms with Gasteiger partial charge in [0.1, 0.15) is 34.6 Å². The van der Waals surface area contributed by atoms with Gasteiger partial charge in [0, 0.05) is 68.1 Å². The third-order valence-corrected chi connectivity index (χ3v) is 10.8. The highest BCUT2D eigenvalue weighted by Crippen LogP contribution is 2.40. The minimum Gasteiger partial charge on any atom is -0.478 e. The molecule has 5 N–H and O–H groups in total. The molecule has 0 fully saturated rings. The molecule has 364 valence electrons. The Morgan fingerprint density at radius 1 is 0.600 bits per heavy atom. The Labute approximate surface area is 400 Å². The fourth-order valence-electron chi connectivity index (χ4n) is 7.41. The van der Waals surface area contributed by atoms with E-state index in [1.54, 1.807) is 50.5 Å². The standard InChI is InChI=1S/C25H27F2N7O2.C23H22F2N6O3/c1-32(2)12-11-28-24-30-20(15-7-5-8-16(13-15)23(35)33(3)4)17-14-29-25(36)34(22(17)31-24)21-18(26)9-6-10-19(21)27;1-30(2)10-9-26-22-28-18(13-5-3-6-14(11-13)21(32)33)15-12-27-23(34)31(20(15)29-22)19-16(24)7-4-8-17(19)25/h5-10,13H,11-12,14H2,1-4H3,(H,29,36)(H,28,30,31);3-8,11H,9-10,12H2,1-2H3,(H,27,34)(H,32,33)(H,26,28,29). The summed E-state index contributed by atoms with van der Waals surface area (Å²) < 4.78 is 58.9. The zero-order chi connectivity index (χ0) is 50.4. The molecule has 22 heteroatoms. The number of anilines is 6. The van der Waals surface area contributed by atoms with Crippen molar-refractivity contribution in [1.82, 2.24) is 45.3 Å². The van der Waals surface area contributed by atoms with Gasteiger partial charge in [0.15, 0.2) is 11.6 Å². The number of aromatic carboxylic acids is 1. The van der Waals surface area contributed by atoms with E-state index in [0.717, 1.165) is 34.1 Å². The van der Waals surface area contributed by atoms with Crippen molar-refractivity contribution >= 4 is 58.8 Å². The maximum atomic E-state index is 14.8. The minimum atomic E-state index is -1.11. The maximum absolute atomic E-state index is 14.8. The molecular formula is C48H49F4N13O5. The molecule has 70 heavy (non-hydrogen) atoms. The highest BCUT2D eigenvalue weighted by atomic mass is 19.1. The lowest BCUT2D eigenvalue weighted by Crippen LogP contribution is -2.43. The number of urea groups is 2. The van der Waals surface area contributed by atoms with Gasteiger partial charge >= 0.3 is 18.0 Å². The van der Waals surface area contributed by atoms with E-state index in [4.69, 9.17) is 0 Å². The Hall–Kier alpha value is -8.24. The summed E-state index contributed by atoms with van der Waals surface area (Å²) in [5, 5.41) is 20.8. The lowest BCUT2D eigenvalue weighted by Gasteiger charge is -2.30. The number of nitrogens with zero attached hydrogens (tertiary/aromatic N) is 9. The minimum absolute atomic E-state index is 0.00540. The summed E-state index contributed by atoms with van der Waals surface area (Å²) in [5.41, 5.74) is 2.08. The lowest BCUT2D eigenvalue weighted by atomic mass is 10.0. The third kappa shape index (κ3) is 10.9. The van der Waals surface area contributed by atoms with Crippen molar-refractivity contribution in [3.63, 3.8) is 0 Å². The molecule has 0 bridgehead atoms. The van der Waals surface area contributed by atoms with Crippen LogP contribution in [0.3, 0.4) is 0 Å². The molecule has 8 rings (SSSR count). The highest BCUT2D eigenvalue weighted by molar-refractivity contribution is 6.03. The van der Waals surface area contributed by atoms with Crippen LogP contribution in [0.4, 0.5) is 62.1 Å². The van der Waals surface area contributed by atoms with E-state index >= 15 is 0 Å². The molecule has 2 aliphatic rings. The van der Waals surface area contributed by atoms with Crippen molar-refractivity contribution in [3.05, 3.63) is 130 Å². The summed E-state index contributed by atoms with van der Waals surface area (Å²) in [6.45, 7) is 2.31. The topological polar surface area (TPSA) is 204 Å². The van der Waals surface area contributed by atoms with E-state index in [1.807, 2.05) is 38.0 Å². The van der Waals surface area contributed by atoms with Crippen LogP contribution in [0.15, 0.2) is 84.9 Å². The Balaban J connectivity index is 0.000000207. The first-order chi connectivity index (χ1) is 33.4. The van der Waals surface area contributed by atoms with Crippen LogP contribution >= 0.6 is 0 Å². The van der Waals surface area contributed by atoms with Gasteiger partial charge in [-0.2, -0.15) is 9.97 Å². The number of hydrogen-bond donors (Lipinski definition) is 5. The van der Waals surface area contributed by atoms with Gasteiger partial charge in [-0.25, -0.2) is 51.7 Å². The number of carboxylic acids is 1. The molecule has 0 aliphatic carbocycles. The number of carboxylic acid groups (broad SMARTS) is 1. The molecule has 0 unspecified atom stereocenters. The molecule has 0 saturated heterocycles. The van der Waals surface area contributed by atoms with E-state index in [-0.39, 0.29) is 48.1 Å². The number of nitrogens with one attached hydrogen (secondary N) is 4. The van der Waals surface area contributed by atoms with Gasteiger partial charge in [-0.3, -0.25) is 4.79 Å². The molecule has 4 heterocycles. The number of likely N-dealkylation sites (N-methyl/N-ethyl adjacent to an activating group) is 2. The summed E-state index contributed by atoms with van der Waals surface area (Å²) >= 11 is 0. The Morgan fingerprint density at radius 3 is 1.37 bits per heavy atom. The third-order valence-electron chi connectivity index (χ3n) is 10.8. The van der Waals surface area contributed by atoms with Crippen molar-refractivity contribution < 1.29 is 41.8 Å². The normalized spacial score (nSPS) is 12.9. The average Bonchev–Trinajstić information content (AvgIpc) is 3.32. The number of para-hydroxylation sites is 2. The second-order valence-corrected chi connectivity index (χ2v) is 16.7. The largest absolute Gasteiger partial charge is 0.478 e. The molecule has 5 amide bonds. The molecule has 0 atom stereocenters. The Bertz CT molecular complexity index is 2940. The molecule has 4 aromatic carbocycles. The smallest absolute Gasteiger partial charge is 0.335 e. The fourth-order valence-corrected chi connectivity index (χ4v) is 7.41. The fraction of sp³-hybridized carbons (Fsp3) is 0.250. The summed E-state index contributed by atoms with van der Waals surface area (Å²) in [7, 11) is 10.9. The van der Waals surface area contributed by atoms with Crippen LogP contribution in [0.2, 0.25) is 0 Å². The predicted octanol–water partition coefficient (Wildman–Crippen LogP) is 6.91. The second-order valence-electron chi connectivity index (χ2n) is 16.7. The van der Waals surface area contributed by atoms with Crippen molar-refractivity contribution in [2.45, 2.75) is 13.1 Å². The number of benzene rings is 4. The first-order valence-corrected chi connectivity index (χ1v) is 21.7. The van der Waals surface area contributed by atoms with Crippen LogP contribution in [-0.4, -0.2) is 132 Å². The number of fused-ring (bicyclic) bond motifs is 2. The summed E-state index contributed by atoms with van der Waals surface area (Å²) in [4.78, 5) is 75.0. The molecule has 0 spiro atoms. The average molecular weight is 964 g/mol. The number of rotatable bonds is 14.